The van der Waals surface area contributed by atoms with Crippen molar-refractivity contribution in [3.8, 4) is 22.8 Å². The lowest BCUT2D eigenvalue weighted by Crippen LogP contribution is -2.56. The number of aromatic nitrogens is 7. The van der Waals surface area contributed by atoms with Gasteiger partial charge in [0.05, 0.1) is 40.3 Å². The van der Waals surface area contributed by atoms with Gasteiger partial charge in [0.15, 0.2) is 0 Å². The maximum atomic E-state index is 5.89. The Kier molecular flexibility index (Phi) is 3.38. The van der Waals surface area contributed by atoms with Crippen molar-refractivity contribution in [3.63, 3.8) is 0 Å². The van der Waals surface area contributed by atoms with Crippen LogP contribution in [-0.2, 0) is 0 Å². The van der Waals surface area contributed by atoms with E-state index in [4.69, 9.17) is 15.7 Å². The molecule has 1 aliphatic heterocycles. The van der Waals surface area contributed by atoms with E-state index in [2.05, 4.69) is 30.0 Å². The van der Waals surface area contributed by atoms with Gasteiger partial charge in [-0.2, -0.15) is 5.10 Å². The van der Waals surface area contributed by atoms with E-state index in [9.17, 15) is 0 Å². The normalized spacial score (nSPS) is 14.6. The molecule has 5 aromatic rings. The lowest BCUT2D eigenvalue weighted by molar-refractivity contribution is 0.514. The summed E-state index contributed by atoms with van der Waals surface area (Å²) in [6, 6.07) is 9.96. The molecule has 1 saturated heterocycles. The number of anilines is 1. The molecule has 0 amide bonds. The van der Waals surface area contributed by atoms with E-state index >= 15 is 0 Å². The summed E-state index contributed by atoms with van der Waals surface area (Å²) < 4.78 is 0. The minimum atomic E-state index is 0.203. The van der Waals surface area contributed by atoms with Crippen LogP contribution in [0.1, 0.15) is 0 Å². The van der Waals surface area contributed by atoms with Crippen LogP contribution in [0.5, 0.6) is 0 Å². The molecular formula is C20H17N9. The first-order valence-corrected chi connectivity index (χ1v) is 9.37. The summed E-state index contributed by atoms with van der Waals surface area (Å²) in [7, 11) is 0. The van der Waals surface area contributed by atoms with E-state index in [-0.39, 0.29) is 6.04 Å². The second kappa shape index (κ2) is 6.08. The molecule has 0 spiro atoms. The molecule has 0 aliphatic carbocycles. The zero-order valence-electron chi connectivity index (χ0n) is 15.4. The van der Waals surface area contributed by atoms with Crippen molar-refractivity contribution in [2.75, 3.05) is 18.0 Å². The fourth-order valence-corrected chi connectivity index (χ4v) is 3.64. The number of pyridine rings is 2. The van der Waals surface area contributed by atoms with Crippen LogP contribution in [0.25, 0.3) is 44.8 Å². The predicted octanol–water partition coefficient (Wildman–Crippen LogP) is 2.11. The largest absolute Gasteiger partial charge is 0.352 e. The summed E-state index contributed by atoms with van der Waals surface area (Å²) >= 11 is 0. The third-order valence-corrected chi connectivity index (χ3v) is 5.17. The van der Waals surface area contributed by atoms with Crippen molar-refractivity contribution in [2.24, 2.45) is 5.73 Å². The average Bonchev–Trinajstić information content (AvgIpc) is 3.34. The highest BCUT2D eigenvalue weighted by Gasteiger charge is 2.24. The molecule has 1 aliphatic rings. The van der Waals surface area contributed by atoms with Gasteiger partial charge in [0.25, 0.3) is 0 Å². The highest BCUT2D eigenvalue weighted by atomic mass is 15.3. The number of rotatable bonds is 3. The fraction of sp³-hybridized carbons (Fsp3) is 0.150. The third-order valence-electron chi connectivity index (χ3n) is 5.17. The topological polar surface area (TPSA) is 125 Å². The summed E-state index contributed by atoms with van der Waals surface area (Å²) in [6.07, 6.45) is 5.26. The number of H-pyrrole nitrogens is 2. The lowest BCUT2D eigenvalue weighted by atomic mass is 10.1. The Hall–Kier alpha value is -3.85. The van der Waals surface area contributed by atoms with E-state index in [0.29, 0.717) is 0 Å². The predicted molar refractivity (Wildman–Crippen MR) is 110 cm³/mol. The molecule has 1 fully saturated rings. The van der Waals surface area contributed by atoms with Crippen LogP contribution in [-0.4, -0.2) is 54.2 Å². The molecule has 6 heterocycles. The summed E-state index contributed by atoms with van der Waals surface area (Å²) in [5.74, 6) is 0.820. The molecule has 0 radical (unpaired) electrons. The van der Waals surface area contributed by atoms with E-state index in [1.807, 2.05) is 30.3 Å². The Morgan fingerprint density at radius 2 is 1.97 bits per heavy atom. The molecule has 9 nitrogen and oxygen atoms in total. The number of nitrogens with two attached hydrogens (primary N) is 1. The van der Waals surface area contributed by atoms with Crippen LogP contribution in [0.2, 0.25) is 0 Å². The number of fused-ring (bicyclic) bond motifs is 2. The molecule has 4 N–H and O–H groups in total. The van der Waals surface area contributed by atoms with Gasteiger partial charge in [-0.1, -0.05) is 0 Å². The number of hydrogen-bond donors (Lipinski definition) is 3. The molecule has 0 saturated carbocycles. The molecule has 0 bridgehead atoms. The van der Waals surface area contributed by atoms with Gasteiger partial charge in [-0.25, -0.2) is 9.97 Å². The number of nitrogens with zero attached hydrogens (tertiary/aromatic N) is 6. The zero-order valence-corrected chi connectivity index (χ0v) is 15.4. The van der Waals surface area contributed by atoms with E-state index < -0.39 is 0 Å². The standard InChI is InChI=1S/C20H17N9/c21-11-9-29(10-11)18-8-22-7-17(25-18)13-3-4-14-19(26-13)20(28-27-14)16-6-15-12(24-16)2-1-5-23-15/h1-8,11,24H,9-10,21H2,(H,27,28). The van der Waals surface area contributed by atoms with Crippen LogP contribution in [0.4, 0.5) is 5.82 Å². The molecule has 0 aromatic carbocycles. The average molecular weight is 383 g/mol. The van der Waals surface area contributed by atoms with Crippen molar-refractivity contribution < 1.29 is 0 Å². The van der Waals surface area contributed by atoms with Gasteiger partial charge in [0.2, 0.25) is 0 Å². The van der Waals surface area contributed by atoms with Crippen LogP contribution in [0.15, 0.2) is 48.9 Å². The fourth-order valence-electron chi connectivity index (χ4n) is 3.64. The minimum Gasteiger partial charge on any atom is -0.352 e. The summed E-state index contributed by atoms with van der Waals surface area (Å²) in [4.78, 5) is 23.8. The van der Waals surface area contributed by atoms with Crippen molar-refractivity contribution >= 4 is 27.9 Å². The molecule has 6 rings (SSSR count). The van der Waals surface area contributed by atoms with Crippen molar-refractivity contribution in [1.29, 1.82) is 0 Å². The van der Waals surface area contributed by atoms with Crippen LogP contribution in [0.3, 0.4) is 0 Å². The van der Waals surface area contributed by atoms with Gasteiger partial charge < -0.3 is 15.6 Å². The Labute approximate surface area is 165 Å². The number of aromatic amines is 2. The Morgan fingerprint density at radius 1 is 1.03 bits per heavy atom. The Morgan fingerprint density at radius 3 is 2.83 bits per heavy atom. The first-order valence-electron chi connectivity index (χ1n) is 9.37. The van der Waals surface area contributed by atoms with Crippen molar-refractivity contribution in [2.45, 2.75) is 6.04 Å². The van der Waals surface area contributed by atoms with Crippen LogP contribution in [0, 0.1) is 0 Å². The molecule has 9 heteroatoms. The monoisotopic (exact) mass is 383 g/mol. The van der Waals surface area contributed by atoms with E-state index in [1.165, 1.54) is 0 Å². The van der Waals surface area contributed by atoms with Crippen molar-refractivity contribution in [1.82, 2.24) is 35.1 Å². The van der Waals surface area contributed by atoms with Crippen molar-refractivity contribution in [3.05, 3.63) is 48.9 Å². The first-order chi connectivity index (χ1) is 14.2. The lowest BCUT2D eigenvalue weighted by Gasteiger charge is -2.37. The van der Waals surface area contributed by atoms with E-state index in [0.717, 1.165) is 63.7 Å². The van der Waals surface area contributed by atoms with Gasteiger partial charge in [-0.05, 0) is 30.3 Å². The van der Waals surface area contributed by atoms with Crippen LogP contribution >= 0.6 is 0 Å². The van der Waals surface area contributed by atoms with Gasteiger partial charge in [-0.15, -0.1) is 0 Å². The van der Waals surface area contributed by atoms with Gasteiger partial charge >= 0.3 is 0 Å². The summed E-state index contributed by atoms with van der Waals surface area (Å²) in [5, 5.41) is 7.52. The first kappa shape index (κ1) is 16.1. The maximum Gasteiger partial charge on any atom is 0.147 e. The third kappa shape index (κ3) is 2.63. The SMILES string of the molecule is NC1CN(c2cncc(-c3ccc4[nH]nc(-c5cc6ncccc6[nH]5)c4n3)n2)C1. The second-order valence-electron chi connectivity index (χ2n) is 7.21. The number of nitrogens with one attached hydrogen (secondary N) is 2. The smallest absolute Gasteiger partial charge is 0.147 e. The summed E-state index contributed by atoms with van der Waals surface area (Å²) in [6.45, 7) is 1.59. The molecule has 5 aromatic heterocycles. The van der Waals surface area contributed by atoms with E-state index in [1.54, 1.807) is 18.6 Å². The van der Waals surface area contributed by atoms with Crippen LogP contribution < -0.4 is 10.6 Å². The minimum absolute atomic E-state index is 0.203. The molecule has 0 unspecified atom stereocenters. The Balaban J connectivity index is 1.43. The highest BCUT2D eigenvalue weighted by molar-refractivity contribution is 5.93. The van der Waals surface area contributed by atoms with Gasteiger partial charge in [-0.3, -0.25) is 15.1 Å². The second-order valence-corrected chi connectivity index (χ2v) is 7.21. The highest BCUT2D eigenvalue weighted by Crippen LogP contribution is 2.29. The van der Waals surface area contributed by atoms with Gasteiger partial charge in [0, 0.05) is 25.3 Å². The quantitative estimate of drug-likeness (QED) is 0.436. The Bertz CT molecular complexity index is 1310. The number of hydrogen-bond acceptors (Lipinski definition) is 7. The molecule has 0 atom stereocenters. The zero-order chi connectivity index (χ0) is 19.4. The molecule has 29 heavy (non-hydrogen) atoms. The molecular weight excluding hydrogens is 366 g/mol. The summed E-state index contributed by atoms with van der Waals surface area (Å²) in [5.41, 5.74) is 12.4. The maximum absolute atomic E-state index is 5.89. The van der Waals surface area contributed by atoms with Gasteiger partial charge in [0.1, 0.15) is 22.7 Å². The molecule has 142 valence electrons.